The van der Waals surface area contributed by atoms with Crippen molar-refractivity contribution >= 4 is 11.9 Å². The number of hydrogen-bond donors (Lipinski definition) is 1. The number of fused-ring (bicyclic) bond motifs is 2. The van der Waals surface area contributed by atoms with Crippen molar-refractivity contribution in [3.8, 4) is 17.2 Å². The monoisotopic (exact) mass is 616 g/mol. The van der Waals surface area contributed by atoms with Crippen LogP contribution in [-0.2, 0) is 33.7 Å². The normalized spacial score (nSPS) is 21.2. The van der Waals surface area contributed by atoms with Gasteiger partial charge in [0.05, 0.1) is 13.2 Å². The summed E-state index contributed by atoms with van der Waals surface area (Å²) in [5, 5.41) is 2.73. The topological polar surface area (TPSA) is 86.3 Å². The second-order valence-corrected chi connectivity index (χ2v) is 10.7. The highest BCUT2D eigenvalue weighted by Gasteiger charge is 2.75. The van der Waals surface area contributed by atoms with Gasteiger partial charge in [-0.1, -0.05) is 25.5 Å². The standard InChI is InChI=1S/C29H30F6N2O6/c1-3-6-18-19-16-43-27(28(30,31)32,29(33,34)35)20(19)8-10-21(18)40-12-5-4-11-37-24(38)26(2,36-25(37)39)17-7-9-22-23(15-17)42-14-13-41-22/h7-10,15H,3-6,11-14,16H2,1-2H3,(H,36,39). The first kappa shape index (κ1) is 30.8. The number of urea groups is 1. The number of alkyl halides is 6. The Balaban J connectivity index is 1.23. The molecular formula is C29H30F6N2O6. The van der Waals surface area contributed by atoms with Crippen LogP contribution in [-0.4, -0.2) is 55.6 Å². The number of benzene rings is 2. The van der Waals surface area contributed by atoms with Gasteiger partial charge in [-0.25, -0.2) is 4.79 Å². The lowest BCUT2D eigenvalue weighted by molar-refractivity contribution is -0.385. The maximum atomic E-state index is 13.7. The van der Waals surface area contributed by atoms with Gasteiger partial charge in [-0.2, -0.15) is 26.3 Å². The molecule has 1 unspecified atom stereocenters. The first-order chi connectivity index (χ1) is 20.2. The van der Waals surface area contributed by atoms with Crippen LogP contribution in [0.3, 0.4) is 0 Å². The third-order valence-corrected chi connectivity index (χ3v) is 7.93. The van der Waals surface area contributed by atoms with Gasteiger partial charge in [0.1, 0.15) is 24.5 Å². The van der Waals surface area contributed by atoms with Crippen molar-refractivity contribution in [3.05, 3.63) is 52.6 Å². The van der Waals surface area contributed by atoms with Gasteiger partial charge < -0.3 is 24.3 Å². The maximum Gasteiger partial charge on any atom is 0.430 e. The quantitative estimate of drug-likeness (QED) is 0.215. The minimum atomic E-state index is -5.71. The molecule has 0 radical (unpaired) electrons. The summed E-state index contributed by atoms with van der Waals surface area (Å²) in [7, 11) is 0. The highest BCUT2D eigenvalue weighted by molar-refractivity contribution is 6.07. The fraction of sp³-hybridized carbons (Fsp3) is 0.517. The Labute approximate surface area is 243 Å². The summed E-state index contributed by atoms with van der Waals surface area (Å²) in [6.07, 6.45) is -10.1. The highest BCUT2D eigenvalue weighted by Crippen LogP contribution is 2.58. The van der Waals surface area contributed by atoms with Gasteiger partial charge in [0.2, 0.25) is 0 Å². The molecule has 0 spiro atoms. The minimum absolute atomic E-state index is 0.0587. The molecule has 2 aromatic rings. The molecule has 3 amide bonds. The zero-order valence-electron chi connectivity index (χ0n) is 23.4. The number of nitrogens with one attached hydrogen (secondary N) is 1. The fourth-order valence-corrected chi connectivity index (χ4v) is 5.72. The van der Waals surface area contributed by atoms with Crippen LogP contribution in [0.2, 0.25) is 0 Å². The molecule has 1 atom stereocenters. The largest absolute Gasteiger partial charge is 0.493 e. The van der Waals surface area contributed by atoms with Gasteiger partial charge in [0.15, 0.2) is 11.5 Å². The lowest BCUT2D eigenvalue weighted by atomic mass is 9.87. The number of rotatable bonds is 9. The van der Waals surface area contributed by atoms with E-state index in [-0.39, 0.29) is 36.4 Å². The summed E-state index contributed by atoms with van der Waals surface area (Å²) in [5.41, 5.74) is -6.08. The molecule has 8 nitrogen and oxygen atoms in total. The Hall–Kier alpha value is -3.68. The van der Waals surface area contributed by atoms with Crippen molar-refractivity contribution in [1.82, 2.24) is 10.2 Å². The third-order valence-electron chi connectivity index (χ3n) is 7.93. The summed E-state index contributed by atoms with van der Waals surface area (Å²) in [4.78, 5) is 27.1. The van der Waals surface area contributed by atoms with E-state index >= 15 is 0 Å². The summed E-state index contributed by atoms with van der Waals surface area (Å²) < 4.78 is 104. The number of nitrogens with zero attached hydrogens (tertiary/aromatic N) is 1. The van der Waals surface area contributed by atoms with Crippen LogP contribution in [0.4, 0.5) is 31.1 Å². The molecule has 0 bridgehead atoms. The van der Waals surface area contributed by atoms with Gasteiger partial charge in [-0.3, -0.25) is 9.69 Å². The number of hydrogen-bond acceptors (Lipinski definition) is 6. The highest BCUT2D eigenvalue weighted by atomic mass is 19.4. The average Bonchev–Trinajstić information content (AvgIpc) is 3.46. The van der Waals surface area contributed by atoms with Gasteiger partial charge >= 0.3 is 18.4 Å². The second-order valence-electron chi connectivity index (χ2n) is 10.7. The maximum absolute atomic E-state index is 13.7. The molecule has 0 aliphatic carbocycles. The predicted molar refractivity (Wildman–Crippen MR) is 139 cm³/mol. The molecule has 3 heterocycles. The van der Waals surface area contributed by atoms with Crippen molar-refractivity contribution in [2.75, 3.05) is 26.4 Å². The third kappa shape index (κ3) is 5.12. The van der Waals surface area contributed by atoms with E-state index in [4.69, 9.17) is 14.2 Å². The van der Waals surface area contributed by atoms with E-state index in [9.17, 15) is 35.9 Å². The summed E-state index contributed by atoms with van der Waals surface area (Å²) in [5.74, 6) is 0.748. The number of ether oxygens (including phenoxy) is 4. The number of carbonyl (C=O) groups excluding carboxylic acids is 2. The van der Waals surface area contributed by atoms with E-state index in [1.165, 1.54) is 0 Å². The van der Waals surface area contributed by atoms with Crippen LogP contribution in [0.15, 0.2) is 30.3 Å². The van der Waals surface area contributed by atoms with E-state index in [2.05, 4.69) is 10.1 Å². The fourth-order valence-electron chi connectivity index (χ4n) is 5.72. The molecule has 0 aromatic heterocycles. The van der Waals surface area contributed by atoms with E-state index in [0.717, 1.165) is 17.0 Å². The predicted octanol–water partition coefficient (Wildman–Crippen LogP) is 5.89. The van der Waals surface area contributed by atoms with Crippen LogP contribution in [0.5, 0.6) is 17.2 Å². The molecule has 14 heteroatoms. The van der Waals surface area contributed by atoms with Crippen LogP contribution < -0.4 is 19.5 Å². The Bertz CT molecular complexity index is 1400. The van der Waals surface area contributed by atoms with Crippen molar-refractivity contribution < 1.29 is 54.9 Å². The van der Waals surface area contributed by atoms with Crippen molar-refractivity contribution in [1.29, 1.82) is 0 Å². The van der Waals surface area contributed by atoms with Crippen molar-refractivity contribution in [3.63, 3.8) is 0 Å². The van der Waals surface area contributed by atoms with E-state index in [1.54, 1.807) is 32.0 Å². The van der Waals surface area contributed by atoms with Crippen molar-refractivity contribution in [2.45, 2.75) is 69.6 Å². The Morgan fingerprint density at radius 3 is 2.35 bits per heavy atom. The Kier molecular flexibility index (Phi) is 7.95. The number of amides is 3. The molecule has 0 saturated carbocycles. The van der Waals surface area contributed by atoms with E-state index in [0.29, 0.717) is 49.5 Å². The number of unbranched alkanes of at least 4 members (excludes halogenated alkanes) is 1. The van der Waals surface area contributed by atoms with Gasteiger partial charge in [0.25, 0.3) is 11.5 Å². The van der Waals surface area contributed by atoms with Crippen LogP contribution in [0, 0.1) is 0 Å². The summed E-state index contributed by atoms with van der Waals surface area (Å²) in [6, 6.07) is 6.34. The number of carbonyl (C=O) groups is 2. The molecular weight excluding hydrogens is 586 g/mol. The average molecular weight is 617 g/mol. The van der Waals surface area contributed by atoms with E-state index < -0.39 is 47.6 Å². The summed E-state index contributed by atoms with van der Waals surface area (Å²) in [6.45, 7) is 3.40. The first-order valence-corrected chi connectivity index (χ1v) is 13.8. The van der Waals surface area contributed by atoms with Gasteiger partial charge in [0, 0.05) is 17.7 Å². The molecule has 43 heavy (non-hydrogen) atoms. The Morgan fingerprint density at radius 1 is 0.977 bits per heavy atom. The van der Waals surface area contributed by atoms with Crippen molar-refractivity contribution in [2.24, 2.45) is 0 Å². The first-order valence-electron chi connectivity index (χ1n) is 13.8. The molecule has 1 fully saturated rings. The zero-order chi connectivity index (χ0) is 31.2. The smallest absolute Gasteiger partial charge is 0.430 e. The van der Waals surface area contributed by atoms with E-state index in [1.807, 2.05) is 0 Å². The molecule has 3 aliphatic rings. The minimum Gasteiger partial charge on any atom is -0.493 e. The summed E-state index contributed by atoms with van der Waals surface area (Å²) >= 11 is 0. The molecule has 2 aromatic carbocycles. The number of imide groups is 1. The van der Waals surface area contributed by atoms with Gasteiger partial charge in [-0.05, 0) is 55.5 Å². The second kappa shape index (κ2) is 11.1. The van der Waals surface area contributed by atoms with Crippen LogP contribution in [0.25, 0.3) is 0 Å². The SMILES string of the molecule is CCCc1c(OCCCCN2C(=O)NC(C)(c3ccc4c(c3)OCCO4)C2=O)ccc2c1COC2(C(F)(F)F)C(F)(F)F. The lowest BCUT2D eigenvalue weighted by Crippen LogP contribution is -2.53. The van der Waals surface area contributed by atoms with Crippen LogP contribution >= 0.6 is 0 Å². The number of halogens is 6. The molecule has 234 valence electrons. The lowest BCUT2D eigenvalue weighted by Gasteiger charge is -2.33. The van der Waals surface area contributed by atoms with Gasteiger partial charge in [-0.15, -0.1) is 0 Å². The Morgan fingerprint density at radius 2 is 1.67 bits per heavy atom. The molecule has 5 rings (SSSR count). The zero-order valence-corrected chi connectivity index (χ0v) is 23.4. The molecule has 1 N–H and O–H groups in total. The molecule has 3 aliphatic heterocycles. The molecule has 1 saturated heterocycles. The van der Waals surface area contributed by atoms with Crippen LogP contribution in [0.1, 0.15) is 55.4 Å².